The molecule has 0 saturated heterocycles. The first kappa shape index (κ1) is 19.2. The second-order valence-electron chi connectivity index (χ2n) is 5.69. The van der Waals surface area contributed by atoms with Gasteiger partial charge in [-0.25, -0.2) is 0 Å². The van der Waals surface area contributed by atoms with E-state index >= 15 is 0 Å². The van der Waals surface area contributed by atoms with Crippen LogP contribution in [0.5, 0.6) is 0 Å². The topological polar surface area (TPSA) is 55.1 Å². The molecule has 0 aliphatic heterocycles. The number of halogens is 2. The quantitative estimate of drug-likeness (QED) is 0.845. The molecule has 0 saturated carbocycles. The summed E-state index contributed by atoms with van der Waals surface area (Å²) < 4.78 is 0. The van der Waals surface area contributed by atoms with Crippen LogP contribution >= 0.6 is 24.0 Å². The zero-order valence-electron chi connectivity index (χ0n) is 12.3. The third-order valence-electron chi connectivity index (χ3n) is 3.16. The lowest BCUT2D eigenvalue weighted by atomic mass is 9.84. The molecule has 0 aliphatic carbocycles. The monoisotopic (exact) mass is 318 g/mol. The van der Waals surface area contributed by atoms with Crippen LogP contribution in [0.2, 0.25) is 5.02 Å². The number of amides is 1. The van der Waals surface area contributed by atoms with E-state index in [4.69, 9.17) is 17.3 Å². The van der Waals surface area contributed by atoms with Crippen molar-refractivity contribution in [2.24, 2.45) is 5.73 Å². The summed E-state index contributed by atoms with van der Waals surface area (Å²) in [6, 6.07) is 7.81. The van der Waals surface area contributed by atoms with Crippen molar-refractivity contribution in [3.63, 3.8) is 0 Å². The van der Waals surface area contributed by atoms with Crippen LogP contribution in [-0.4, -0.2) is 18.5 Å². The second-order valence-corrected chi connectivity index (χ2v) is 6.12. The Bertz CT molecular complexity index is 434. The largest absolute Gasteiger partial charge is 0.355 e. The molecule has 1 aromatic rings. The van der Waals surface area contributed by atoms with Gasteiger partial charge in [-0.1, -0.05) is 37.6 Å². The number of rotatable bonds is 6. The highest BCUT2D eigenvalue weighted by molar-refractivity contribution is 6.30. The minimum atomic E-state index is -0.144. The summed E-state index contributed by atoms with van der Waals surface area (Å²) in [7, 11) is 0. The van der Waals surface area contributed by atoms with Gasteiger partial charge < -0.3 is 11.1 Å². The summed E-state index contributed by atoms with van der Waals surface area (Å²) in [5.41, 5.74) is 6.61. The maximum absolute atomic E-state index is 11.7. The van der Waals surface area contributed by atoms with E-state index in [-0.39, 0.29) is 29.8 Å². The average Bonchev–Trinajstić information content (AvgIpc) is 2.34. The molecule has 1 rings (SSSR count). The molecule has 0 fully saturated rings. The number of carbonyl (C=O) groups excluding carboxylic acids is 1. The van der Waals surface area contributed by atoms with Crippen LogP contribution in [-0.2, 0) is 10.2 Å². The van der Waals surface area contributed by atoms with Crippen LogP contribution in [0.25, 0.3) is 0 Å². The first-order valence-electron chi connectivity index (χ1n) is 6.59. The highest BCUT2D eigenvalue weighted by atomic mass is 35.5. The van der Waals surface area contributed by atoms with E-state index in [0.29, 0.717) is 24.4 Å². The van der Waals surface area contributed by atoms with Crippen molar-refractivity contribution in [2.45, 2.75) is 45.1 Å². The zero-order chi connectivity index (χ0) is 14.5. The molecule has 20 heavy (non-hydrogen) atoms. The van der Waals surface area contributed by atoms with E-state index in [2.05, 4.69) is 19.2 Å². The molecule has 114 valence electrons. The lowest BCUT2D eigenvalue weighted by molar-refractivity contribution is -0.121. The minimum absolute atomic E-state index is 0. The molecule has 0 bridgehead atoms. The van der Waals surface area contributed by atoms with Crippen LogP contribution in [0.3, 0.4) is 0 Å². The number of benzene rings is 1. The molecule has 1 atom stereocenters. The lowest BCUT2D eigenvalue weighted by Gasteiger charge is -2.26. The fraction of sp³-hybridized carbons (Fsp3) is 0.533. The van der Waals surface area contributed by atoms with Crippen molar-refractivity contribution in [3.8, 4) is 0 Å². The molecule has 5 heteroatoms. The summed E-state index contributed by atoms with van der Waals surface area (Å²) >= 11 is 6.00. The summed E-state index contributed by atoms with van der Waals surface area (Å²) in [4.78, 5) is 11.7. The smallest absolute Gasteiger partial charge is 0.220 e. The van der Waals surface area contributed by atoms with Crippen molar-refractivity contribution in [2.75, 3.05) is 6.54 Å². The second kappa shape index (κ2) is 8.50. The van der Waals surface area contributed by atoms with Gasteiger partial charge in [0.1, 0.15) is 0 Å². The van der Waals surface area contributed by atoms with Gasteiger partial charge in [0.25, 0.3) is 0 Å². The fourth-order valence-corrected chi connectivity index (χ4v) is 1.97. The Balaban J connectivity index is 0.00000361. The first-order chi connectivity index (χ1) is 8.81. The lowest BCUT2D eigenvalue weighted by Crippen LogP contribution is -2.37. The maximum Gasteiger partial charge on any atom is 0.220 e. The van der Waals surface area contributed by atoms with Crippen molar-refractivity contribution in [1.29, 1.82) is 0 Å². The molecule has 1 unspecified atom stereocenters. The van der Waals surface area contributed by atoms with E-state index < -0.39 is 0 Å². The molecule has 1 aromatic carbocycles. The van der Waals surface area contributed by atoms with Crippen LogP contribution in [0.4, 0.5) is 0 Å². The predicted octanol–water partition coefficient (Wildman–Crippen LogP) is 3.28. The number of carbonyl (C=O) groups is 1. The van der Waals surface area contributed by atoms with Gasteiger partial charge in [-0.15, -0.1) is 12.4 Å². The first-order valence-corrected chi connectivity index (χ1v) is 6.97. The van der Waals surface area contributed by atoms with Crippen molar-refractivity contribution in [1.82, 2.24) is 5.32 Å². The average molecular weight is 319 g/mol. The highest BCUT2D eigenvalue weighted by Crippen LogP contribution is 2.24. The van der Waals surface area contributed by atoms with Gasteiger partial charge in [-0.05, 0) is 31.0 Å². The molecule has 0 heterocycles. The molecule has 0 spiro atoms. The third kappa shape index (κ3) is 6.60. The summed E-state index contributed by atoms with van der Waals surface area (Å²) in [6.45, 7) is 6.67. The summed E-state index contributed by atoms with van der Waals surface area (Å²) in [5, 5.41) is 3.68. The summed E-state index contributed by atoms with van der Waals surface area (Å²) in [6.07, 6.45) is 1.19. The van der Waals surface area contributed by atoms with E-state index in [1.807, 2.05) is 31.2 Å². The van der Waals surface area contributed by atoms with Gasteiger partial charge in [0.2, 0.25) is 5.91 Å². The molecule has 3 N–H and O–H groups in total. The standard InChI is InChI=1S/C15H23ClN2O.ClH/c1-11(17)7-8-14(19)18-10-15(2,3)12-5-4-6-13(16)9-12;/h4-6,9,11H,7-8,10,17H2,1-3H3,(H,18,19);1H. The van der Waals surface area contributed by atoms with Crippen LogP contribution in [0, 0.1) is 0 Å². The number of nitrogens with two attached hydrogens (primary N) is 1. The molecule has 0 aromatic heterocycles. The predicted molar refractivity (Wildman–Crippen MR) is 87.6 cm³/mol. The molecule has 0 radical (unpaired) electrons. The van der Waals surface area contributed by atoms with Crippen LogP contribution in [0.15, 0.2) is 24.3 Å². The Labute approximate surface area is 132 Å². The molecular weight excluding hydrogens is 295 g/mol. The van der Waals surface area contributed by atoms with Gasteiger partial charge in [-0.3, -0.25) is 4.79 Å². The van der Waals surface area contributed by atoms with E-state index in [1.165, 1.54) is 0 Å². The number of hydrogen-bond donors (Lipinski definition) is 2. The Kier molecular flexibility index (Phi) is 8.17. The van der Waals surface area contributed by atoms with Crippen molar-refractivity contribution in [3.05, 3.63) is 34.9 Å². The SMILES string of the molecule is CC(N)CCC(=O)NCC(C)(C)c1cccc(Cl)c1.Cl. The van der Waals surface area contributed by atoms with E-state index in [1.54, 1.807) is 0 Å². The fourth-order valence-electron chi connectivity index (χ4n) is 1.78. The van der Waals surface area contributed by atoms with Gasteiger partial charge >= 0.3 is 0 Å². The number of nitrogens with one attached hydrogen (secondary N) is 1. The molecular formula is C15H24Cl2N2O. The van der Waals surface area contributed by atoms with Gasteiger partial charge in [-0.2, -0.15) is 0 Å². The summed E-state index contributed by atoms with van der Waals surface area (Å²) in [5.74, 6) is 0.0485. The van der Waals surface area contributed by atoms with Crippen LogP contribution in [0.1, 0.15) is 39.2 Å². The van der Waals surface area contributed by atoms with Crippen molar-refractivity contribution < 1.29 is 4.79 Å². The van der Waals surface area contributed by atoms with Gasteiger partial charge in [0.15, 0.2) is 0 Å². The zero-order valence-corrected chi connectivity index (χ0v) is 13.9. The minimum Gasteiger partial charge on any atom is -0.355 e. The highest BCUT2D eigenvalue weighted by Gasteiger charge is 2.21. The molecule has 1 amide bonds. The Morgan fingerprint density at radius 2 is 2.10 bits per heavy atom. The van der Waals surface area contributed by atoms with E-state index in [0.717, 1.165) is 5.56 Å². The Hall–Kier alpha value is -0.770. The normalized spacial score (nSPS) is 12.4. The Morgan fingerprint density at radius 3 is 2.65 bits per heavy atom. The van der Waals surface area contributed by atoms with Crippen LogP contribution < -0.4 is 11.1 Å². The number of hydrogen-bond acceptors (Lipinski definition) is 2. The van der Waals surface area contributed by atoms with Gasteiger partial charge in [0.05, 0.1) is 0 Å². The maximum atomic E-state index is 11.7. The van der Waals surface area contributed by atoms with Gasteiger partial charge in [0, 0.05) is 29.4 Å². The molecule has 3 nitrogen and oxygen atoms in total. The third-order valence-corrected chi connectivity index (χ3v) is 3.40. The van der Waals surface area contributed by atoms with E-state index in [9.17, 15) is 4.79 Å². The van der Waals surface area contributed by atoms with Crippen molar-refractivity contribution >= 4 is 29.9 Å². The molecule has 0 aliphatic rings. The Morgan fingerprint density at radius 1 is 1.45 bits per heavy atom.